The largest absolute Gasteiger partial charge is 0.494 e. The molecule has 0 radical (unpaired) electrons. The summed E-state index contributed by atoms with van der Waals surface area (Å²) in [5.74, 6) is 2.72. The van der Waals surface area contributed by atoms with Crippen LogP contribution in [0.25, 0.3) is 0 Å². The summed E-state index contributed by atoms with van der Waals surface area (Å²) in [6, 6.07) is 4.24. The van der Waals surface area contributed by atoms with Gasteiger partial charge in [-0.15, -0.1) is 0 Å². The van der Waals surface area contributed by atoms with Gasteiger partial charge in [0.05, 0.1) is 6.61 Å². The van der Waals surface area contributed by atoms with Crippen molar-refractivity contribution in [1.29, 1.82) is 0 Å². The SMILES string of the molecule is CCOc1cc2c(cc1CNC(=NC)NCCN1CCN(CC)CC1)OC(C)C2. The van der Waals surface area contributed by atoms with Gasteiger partial charge in [-0.25, -0.2) is 0 Å². The van der Waals surface area contributed by atoms with Crippen LogP contribution in [-0.2, 0) is 13.0 Å². The standard InChI is InChI=1S/C22H37N5O2/c1-5-26-9-11-27(12-10-26)8-7-24-22(23-4)25-16-19-15-21-18(13-17(3)29-21)14-20(19)28-6-2/h14-15,17H,5-13,16H2,1-4H3,(H2,23,24,25). The van der Waals surface area contributed by atoms with Crippen LogP contribution < -0.4 is 20.1 Å². The molecule has 2 aliphatic rings. The summed E-state index contributed by atoms with van der Waals surface area (Å²) in [7, 11) is 1.81. The molecule has 0 aromatic heterocycles. The van der Waals surface area contributed by atoms with Crippen LogP contribution in [0.4, 0.5) is 0 Å². The smallest absolute Gasteiger partial charge is 0.191 e. The van der Waals surface area contributed by atoms with Gasteiger partial charge in [0.1, 0.15) is 17.6 Å². The number of benzene rings is 1. The van der Waals surface area contributed by atoms with Crippen molar-refractivity contribution in [2.45, 2.75) is 39.8 Å². The lowest BCUT2D eigenvalue weighted by Crippen LogP contribution is -2.49. The molecule has 3 rings (SSSR count). The van der Waals surface area contributed by atoms with Gasteiger partial charge in [-0.2, -0.15) is 0 Å². The second kappa shape index (κ2) is 10.7. The van der Waals surface area contributed by atoms with E-state index < -0.39 is 0 Å². The summed E-state index contributed by atoms with van der Waals surface area (Å²) >= 11 is 0. The molecule has 1 aromatic carbocycles. The zero-order valence-corrected chi connectivity index (χ0v) is 18.5. The van der Waals surface area contributed by atoms with Gasteiger partial charge in [0.25, 0.3) is 0 Å². The van der Waals surface area contributed by atoms with Crippen LogP contribution in [0.3, 0.4) is 0 Å². The predicted molar refractivity (Wildman–Crippen MR) is 118 cm³/mol. The first-order valence-corrected chi connectivity index (χ1v) is 11.0. The van der Waals surface area contributed by atoms with Gasteiger partial charge in [0.15, 0.2) is 5.96 Å². The summed E-state index contributed by atoms with van der Waals surface area (Å²) in [5, 5.41) is 6.85. The number of ether oxygens (including phenoxy) is 2. The van der Waals surface area contributed by atoms with E-state index in [4.69, 9.17) is 9.47 Å². The molecule has 2 aliphatic heterocycles. The Morgan fingerprint density at radius 2 is 1.93 bits per heavy atom. The molecule has 162 valence electrons. The molecule has 2 heterocycles. The lowest BCUT2D eigenvalue weighted by atomic mass is 10.1. The summed E-state index contributed by atoms with van der Waals surface area (Å²) < 4.78 is 11.8. The highest BCUT2D eigenvalue weighted by Gasteiger charge is 2.22. The van der Waals surface area contributed by atoms with E-state index in [1.165, 1.54) is 18.7 Å². The molecular formula is C22H37N5O2. The van der Waals surface area contributed by atoms with Gasteiger partial charge in [-0.1, -0.05) is 6.92 Å². The molecule has 0 amide bonds. The minimum Gasteiger partial charge on any atom is -0.494 e. The number of nitrogens with one attached hydrogen (secondary N) is 2. The Bertz CT molecular complexity index is 686. The lowest BCUT2D eigenvalue weighted by molar-refractivity contribution is 0.139. The third-order valence-electron chi connectivity index (χ3n) is 5.68. The molecule has 1 fully saturated rings. The Morgan fingerprint density at radius 3 is 2.62 bits per heavy atom. The van der Waals surface area contributed by atoms with Crippen LogP contribution in [0, 0.1) is 0 Å². The summed E-state index contributed by atoms with van der Waals surface area (Å²) in [6.07, 6.45) is 1.18. The highest BCUT2D eigenvalue weighted by Crippen LogP contribution is 2.35. The molecule has 0 aliphatic carbocycles. The first kappa shape index (κ1) is 21.7. The predicted octanol–water partition coefficient (Wildman–Crippen LogP) is 1.71. The van der Waals surface area contributed by atoms with Crippen LogP contribution in [0.2, 0.25) is 0 Å². The van der Waals surface area contributed by atoms with Crippen molar-refractivity contribution in [3.63, 3.8) is 0 Å². The third-order valence-corrected chi connectivity index (χ3v) is 5.68. The van der Waals surface area contributed by atoms with Gasteiger partial charge in [-0.05, 0) is 32.5 Å². The fourth-order valence-corrected chi connectivity index (χ4v) is 3.97. The molecular weight excluding hydrogens is 366 g/mol. The summed E-state index contributed by atoms with van der Waals surface area (Å²) in [5.41, 5.74) is 2.33. The van der Waals surface area contributed by atoms with E-state index in [-0.39, 0.29) is 6.10 Å². The number of hydrogen-bond donors (Lipinski definition) is 2. The Hall–Kier alpha value is -1.99. The van der Waals surface area contributed by atoms with Crippen LogP contribution in [0.15, 0.2) is 17.1 Å². The van der Waals surface area contributed by atoms with Crippen molar-refractivity contribution in [3.05, 3.63) is 23.3 Å². The van der Waals surface area contributed by atoms with Crippen LogP contribution in [-0.4, -0.2) is 81.3 Å². The van der Waals surface area contributed by atoms with Gasteiger partial charge in [0, 0.05) is 70.4 Å². The van der Waals surface area contributed by atoms with Crippen LogP contribution in [0.5, 0.6) is 11.5 Å². The topological polar surface area (TPSA) is 61.4 Å². The number of aliphatic imine (C=N–C) groups is 1. The highest BCUT2D eigenvalue weighted by molar-refractivity contribution is 5.79. The number of piperazine rings is 1. The Morgan fingerprint density at radius 1 is 1.17 bits per heavy atom. The summed E-state index contributed by atoms with van der Waals surface area (Å²) in [6.45, 7) is 15.4. The highest BCUT2D eigenvalue weighted by atomic mass is 16.5. The monoisotopic (exact) mass is 403 g/mol. The fourth-order valence-electron chi connectivity index (χ4n) is 3.97. The minimum absolute atomic E-state index is 0.233. The lowest BCUT2D eigenvalue weighted by Gasteiger charge is -2.34. The van der Waals surface area contributed by atoms with Crippen LogP contribution >= 0.6 is 0 Å². The number of guanidine groups is 1. The van der Waals surface area contributed by atoms with E-state index in [1.54, 1.807) is 0 Å². The molecule has 2 N–H and O–H groups in total. The molecule has 1 aromatic rings. The maximum atomic E-state index is 5.92. The van der Waals surface area contributed by atoms with E-state index in [0.29, 0.717) is 13.2 Å². The number of fused-ring (bicyclic) bond motifs is 1. The molecule has 0 spiro atoms. The molecule has 0 saturated carbocycles. The van der Waals surface area contributed by atoms with Crippen molar-refractivity contribution in [1.82, 2.24) is 20.4 Å². The van der Waals surface area contributed by atoms with E-state index >= 15 is 0 Å². The Balaban J connectivity index is 1.48. The van der Waals surface area contributed by atoms with Crippen LogP contribution in [0.1, 0.15) is 31.9 Å². The molecule has 0 bridgehead atoms. The minimum atomic E-state index is 0.233. The Kier molecular flexibility index (Phi) is 8.00. The first-order valence-electron chi connectivity index (χ1n) is 11.0. The number of likely N-dealkylation sites (N-methyl/N-ethyl adjacent to an activating group) is 1. The second-order valence-corrected chi connectivity index (χ2v) is 7.76. The van der Waals surface area contributed by atoms with Gasteiger partial charge < -0.3 is 25.0 Å². The Labute approximate surface area is 175 Å². The molecule has 1 atom stereocenters. The van der Waals surface area contributed by atoms with E-state index in [1.807, 2.05) is 14.0 Å². The van der Waals surface area contributed by atoms with Crippen molar-refractivity contribution >= 4 is 5.96 Å². The van der Waals surface area contributed by atoms with Crippen molar-refractivity contribution in [2.75, 3.05) is 59.5 Å². The zero-order valence-electron chi connectivity index (χ0n) is 18.5. The normalized spacial score (nSPS) is 20.3. The average Bonchev–Trinajstić information content (AvgIpc) is 3.10. The van der Waals surface area contributed by atoms with Gasteiger partial charge in [0.2, 0.25) is 0 Å². The quantitative estimate of drug-likeness (QED) is 0.509. The first-order chi connectivity index (χ1) is 14.1. The fraction of sp³-hybridized carbons (Fsp3) is 0.682. The van der Waals surface area contributed by atoms with Gasteiger partial charge in [-0.3, -0.25) is 9.89 Å². The second-order valence-electron chi connectivity index (χ2n) is 7.76. The van der Waals surface area contributed by atoms with Gasteiger partial charge >= 0.3 is 0 Å². The van der Waals surface area contributed by atoms with Crippen molar-refractivity contribution < 1.29 is 9.47 Å². The van der Waals surface area contributed by atoms with Crippen molar-refractivity contribution in [2.24, 2.45) is 4.99 Å². The van der Waals surface area contributed by atoms with E-state index in [2.05, 4.69) is 51.4 Å². The molecule has 7 nitrogen and oxygen atoms in total. The maximum absolute atomic E-state index is 5.92. The average molecular weight is 404 g/mol. The van der Waals surface area contributed by atoms with E-state index in [0.717, 1.165) is 62.2 Å². The van der Waals surface area contributed by atoms with Crippen molar-refractivity contribution in [3.8, 4) is 11.5 Å². The molecule has 1 saturated heterocycles. The number of nitrogens with zero attached hydrogens (tertiary/aromatic N) is 3. The number of rotatable bonds is 8. The maximum Gasteiger partial charge on any atom is 0.191 e. The zero-order chi connectivity index (χ0) is 20.6. The number of hydrogen-bond acceptors (Lipinski definition) is 5. The summed E-state index contributed by atoms with van der Waals surface area (Å²) in [4.78, 5) is 9.38. The molecule has 7 heteroatoms. The van der Waals surface area contributed by atoms with E-state index in [9.17, 15) is 0 Å². The molecule has 29 heavy (non-hydrogen) atoms. The molecule has 1 unspecified atom stereocenters. The third kappa shape index (κ3) is 6.00.